The maximum absolute atomic E-state index is 11.1. The Morgan fingerprint density at radius 2 is 2.15 bits per heavy atom. The Morgan fingerprint density at radius 3 is 2.85 bits per heavy atom. The second kappa shape index (κ2) is 4.09. The Balaban J connectivity index is 1.76. The molecule has 0 aromatic carbocycles. The predicted molar refractivity (Wildman–Crippen MR) is 51.4 cm³/mol. The first-order valence-electron chi connectivity index (χ1n) is 5.33. The fourth-order valence-electron chi connectivity index (χ4n) is 2.41. The van der Waals surface area contributed by atoms with E-state index in [2.05, 4.69) is 10.2 Å². The molecule has 0 aromatic heterocycles. The molecule has 1 saturated carbocycles. The van der Waals surface area contributed by atoms with Crippen molar-refractivity contribution < 1.29 is 4.79 Å². The summed E-state index contributed by atoms with van der Waals surface area (Å²) in [5.41, 5.74) is 0. The van der Waals surface area contributed by atoms with Gasteiger partial charge >= 0.3 is 0 Å². The van der Waals surface area contributed by atoms with Gasteiger partial charge in [0.05, 0.1) is 6.54 Å². The summed E-state index contributed by atoms with van der Waals surface area (Å²) in [5, 5.41) is 2.86. The minimum atomic E-state index is 0.198. The quantitative estimate of drug-likeness (QED) is 0.678. The molecule has 1 N–H and O–H groups in total. The van der Waals surface area contributed by atoms with Crippen LogP contribution in [0.2, 0.25) is 0 Å². The maximum atomic E-state index is 11.1. The summed E-state index contributed by atoms with van der Waals surface area (Å²) in [6.07, 6.45) is 5.53. The van der Waals surface area contributed by atoms with Crippen molar-refractivity contribution in [2.24, 2.45) is 5.92 Å². The Bertz CT molecular complexity index is 187. The zero-order valence-corrected chi connectivity index (χ0v) is 8.09. The average molecular weight is 182 g/mol. The lowest BCUT2D eigenvalue weighted by atomic mass is 10.1. The van der Waals surface area contributed by atoms with Crippen molar-refractivity contribution in [3.05, 3.63) is 0 Å². The van der Waals surface area contributed by atoms with Gasteiger partial charge in [0.2, 0.25) is 5.91 Å². The van der Waals surface area contributed by atoms with Crippen molar-refractivity contribution in [1.82, 2.24) is 10.2 Å². The van der Waals surface area contributed by atoms with Crippen molar-refractivity contribution in [3.8, 4) is 0 Å². The summed E-state index contributed by atoms with van der Waals surface area (Å²) >= 11 is 0. The Morgan fingerprint density at radius 1 is 1.38 bits per heavy atom. The summed E-state index contributed by atoms with van der Waals surface area (Å²) in [7, 11) is 0. The van der Waals surface area contributed by atoms with Crippen LogP contribution >= 0.6 is 0 Å². The van der Waals surface area contributed by atoms with Crippen LogP contribution in [-0.4, -0.2) is 37.0 Å². The zero-order chi connectivity index (χ0) is 9.10. The van der Waals surface area contributed by atoms with E-state index in [1.165, 1.54) is 25.7 Å². The molecule has 0 spiro atoms. The highest BCUT2D eigenvalue weighted by Crippen LogP contribution is 2.25. The maximum Gasteiger partial charge on any atom is 0.234 e. The molecule has 3 heteroatoms. The zero-order valence-electron chi connectivity index (χ0n) is 8.09. The van der Waals surface area contributed by atoms with E-state index in [0.717, 1.165) is 25.6 Å². The molecule has 13 heavy (non-hydrogen) atoms. The van der Waals surface area contributed by atoms with E-state index in [-0.39, 0.29) is 5.91 Å². The van der Waals surface area contributed by atoms with Crippen LogP contribution in [0.5, 0.6) is 0 Å². The molecule has 0 atom stereocenters. The number of nitrogens with one attached hydrogen (secondary N) is 1. The van der Waals surface area contributed by atoms with Crippen LogP contribution in [0.3, 0.4) is 0 Å². The third-order valence-electron chi connectivity index (χ3n) is 3.11. The molecule has 2 rings (SSSR count). The monoisotopic (exact) mass is 182 g/mol. The van der Waals surface area contributed by atoms with E-state index < -0.39 is 0 Å². The van der Waals surface area contributed by atoms with Gasteiger partial charge in [0.25, 0.3) is 0 Å². The summed E-state index contributed by atoms with van der Waals surface area (Å²) in [6.45, 7) is 3.65. The van der Waals surface area contributed by atoms with E-state index in [1.807, 2.05) is 0 Å². The van der Waals surface area contributed by atoms with Gasteiger partial charge in [-0.3, -0.25) is 9.69 Å². The first kappa shape index (κ1) is 9.00. The number of carbonyl (C=O) groups is 1. The lowest BCUT2D eigenvalue weighted by molar-refractivity contribution is -0.124. The van der Waals surface area contributed by atoms with Gasteiger partial charge in [0, 0.05) is 19.6 Å². The molecular formula is C10H18N2O. The molecule has 0 radical (unpaired) electrons. The van der Waals surface area contributed by atoms with Crippen LogP contribution in [0.25, 0.3) is 0 Å². The van der Waals surface area contributed by atoms with E-state index >= 15 is 0 Å². The molecule has 0 aromatic rings. The molecule has 1 saturated heterocycles. The average Bonchev–Trinajstić information content (AvgIpc) is 2.57. The van der Waals surface area contributed by atoms with E-state index in [0.29, 0.717) is 6.54 Å². The number of hydrogen-bond donors (Lipinski definition) is 1. The molecule has 0 unspecified atom stereocenters. The van der Waals surface area contributed by atoms with Gasteiger partial charge in [-0.1, -0.05) is 12.8 Å². The van der Waals surface area contributed by atoms with Gasteiger partial charge in [-0.25, -0.2) is 0 Å². The fourth-order valence-corrected chi connectivity index (χ4v) is 2.41. The first-order valence-corrected chi connectivity index (χ1v) is 5.33. The molecule has 3 nitrogen and oxygen atoms in total. The highest BCUT2D eigenvalue weighted by Gasteiger charge is 2.21. The summed E-state index contributed by atoms with van der Waals surface area (Å²) in [5.74, 6) is 1.06. The van der Waals surface area contributed by atoms with Gasteiger partial charge in [-0.05, 0) is 18.8 Å². The summed E-state index contributed by atoms with van der Waals surface area (Å²) < 4.78 is 0. The summed E-state index contributed by atoms with van der Waals surface area (Å²) in [6, 6.07) is 0. The number of rotatable bonds is 2. The van der Waals surface area contributed by atoms with Gasteiger partial charge in [-0.15, -0.1) is 0 Å². The smallest absolute Gasteiger partial charge is 0.234 e. The molecule has 1 aliphatic heterocycles. The van der Waals surface area contributed by atoms with Crippen molar-refractivity contribution in [3.63, 3.8) is 0 Å². The first-order chi connectivity index (χ1) is 6.34. The number of amides is 1. The number of hydrogen-bond acceptors (Lipinski definition) is 2. The fraction of sp³-hybridized carbons (Fsp3) is 0.900. The van der Waals surface area contributed by atoms with Crippen molar-refractivity contribution in [2.45, 2.75) is 25.7 Å². The topological polar surface area (TPSA) is 32.3 Å². The minimum Gasteiger partial charge on any atom is -0.354 e. The van der Waals surface area contributed by atoms with Crippen LogP contribution < -0.4 is 5.32 Å². The van der Waals surface area contributed by atoms with Crippen molar-refractivity contribution in [2.75, 3.05) is 26.2 Å². The van der Waals surface area contributed by atoms with Gasteiger partial charge < -0.3 is 5.32 Å². The van der Waals surface area contributed by atoms with Gasteiger partial charge in [-0.2, -0.15) is 0 Å². The third kappa shape index (κ3) is 2.44. The Hall–Kier alpha value is -0.570. The van der Waals surface area contributed by atoms with Crippen molar-refractivity contribution in [1.29, 1.82) is 0 Å². The summed E-state index contributed by atoms with van der Waals surface area (Å²) in [4.78, 5) is 13.4. The predicted octanol–water partition coefficient (Wildman–Crippen LogP) is 0.608. The van der Waals surface area contributed by atoms with E-state index in [1.54, 1.807) is 0 Å². The highest BCUT2D eigenvalue weighted by molar-refractivity contribution is 5.78. The van der Waals surface area contributed by atoms with Crippen LogP contribution in [0.1, 0.15) is 25.7 Å². The number of nitrogens with zero attached hydrogens (tertiary/aromatic N) is 1. The molecular weight excluding hydrogens is 164 g/mol. The molecule has 2 aliphatic rings. The Labute approximate surface area is 79.5 Å². The second-order valence-electron chi connectivity index (χ2n) is 4.24. The Kier molecular flexibility index (Phi) is 2.83. The highest BCUT2D eigenvalue weighted by atomic mass is 16.2. The molecule has 1 heterocycles. The molecule has 1 amide bonds. The van der Waals surface area contributed by atoms with Crippen LogP contribution in [0.15, 0.2) is 0 Å². The van der Waals surface area contributed by atoms with Gasteiger partial charge in [0.15, 0.2) is 0 Å². The third-order valence-corrected chi connectivity index (χ3v) is 3.11. The minimum absolute atomic E-state index is 0.198. The standard InChI is InChI=1S/C10H18N2O/c13-10-8-12(6-5-11-10)7-9-3-1-2-4-9/h9H,1-8H2,(H,11,13). The number of piperazine rings is 1. The molecule has 1 aliphatic carbocycles. The lowest BCUT2D eigenvalue weighted by Crippen LogP contribution is -2.48. The normalized spacial score (nSPS) is 26.3. The largest absolute Gasteiger partial charge is 0.354 e. The van der Waals surface area contributed by atoms with E-state index in [9.17, 15) is 4.79 Å². The van der Waals surface area contributed by atoms with E-state index in [4.69, 9.17) is 0 Å². The lowest BCUT2D eigenvalue weighted by Gasteiger charge is -2.28. The van der Waals surface area contributed by atoms with Crippen LogP contribution in [0.4, 0.5) is 0 Å². The SMILES string of the molecule is O=C1CN(CC2CCCC2)CCN1. The second-order valence-corrected chi connectivity index (χ2v) is 4.24. The molecule has 74 valence electrons. The molecule has 0 bridgehead atoms. The van der Waals surface area contributed by atoms with Crippen molar-refractivity contribution >= 4 is 5.91 Å². The molecule has 2 fully saturated rings. The van der Waals surface area contributed by atoms with Gasteiger partial charge in [0.1, 0.15) is 0 Å². The van der Waals surface area contributed by atoms with Crippen LogP contribution in [-0.2, 0) is 4.79 Å². The van der Waals surface area contributed by atoms with Crippen LogP contribution in [0, 0.1) is 5.92 Å². The number of carbonyl (C=O) groups excluding carboxylic acids is 1.